The number of nitrogens with zero attached hydrogens (tertiary/aromatic N) is 2. The van der Waals surface area contributed by atoms with Crippen LogP contribution >= 0.6 is 0 Å². The first kappa shape index (κ1) is 10.8. The summed E-state index contributed by atoms with van der Waals surface area (Å²) in [6.07, 6.45) is 2.32. The van der Waals surface area contributed by atoms with Gasteiger partial charge in [0.15, 0.2) is 0 Å². The molecule has 2 N–H and O–H groups in total. The number of hydrogen-bond donors (Lipinski definition) is 1. The van der Waals surface area contributed by atoms with E-state index in [2.05, 4.69) is 4.98 Å². The van der Waals surface area contributed by atoms with Gasteiger partial charge in [0.05, 0.1) is 17.3 Å². The third-order valence-electron chi connectivity index (χ3n) is 2.90. The zero-order valence-electron chi connectivity index (χ0n) is 9.64. The number of rotatable bonds is 3. The van der Waals surface area contributed by atoms with E-state index in [1.165, 1.54) is 12.1 Å². The van der Waals surface area contributed by atoms with Crippen LogP contribution in [-0.4, -0.2) is 9.55 Å². The molecule has 2 heterocycles. The lowest BCUT2D eigenvalue weighted by atomic mass is 10.3. The minimum atomic E-state index is -0.290. The highest BCUT2D eigenvalue weighted by Gasteiger charge is 2.09. The van der Waals surface area contributed by atoms with Gasteiger partial charge in [-0.3, -0.25) is 0 Å². The van der Waals surface area contributed by atoms with Crippen LogP contribution in [0.25, 0.3) is 11.0 Å². The van der Waals surface area contributed by atoms with Crippen LogP contribution in [-0.2, 0) is 13.0 Å². The number of fused-ring (bicyclic) bond motifs is 1. The van der Waals surface area contributed by atoms with Crippen molar-refractivity contribution in [3.05, 3.63) is 48.2 Å². The lowest BCUT2D eigenvalue weighted by Gasteiger charge is -2.04. The molecule has 0 saturated carbocycles. The standard InChI is InChI=1S/C13H12FN3O/c14-9-3-4-11-12(8-9)17(13(15)16-11)6-5-10-2-1-7-18-10/h1-4,7-8H,5-6H2,(H2,15,16). The van der Waals surface area contributed by atoms with E-state index in [0.717, 1.165) is 5.76 Å². The number of nitrogen functional groups attached to an aromatic ring is 1. The molecule has 0 aliphatic carbocycles. The lowest BCUT2D eigenvalue weighted by Crippen LogP contribution is -2.05. The topological polar surface area (TPSA) is 57.0 Å². The van der Waals surface area contributed by atoms with Gasteiger partial charge in [0.25, 0.3) is 0 Å². The van der Waals surface area contributed by atoms with Crippen LogP contribution in [0, 0.1) is 5.82 Å². The number of benzene rings is 1. The van der Waals surface area contributed by atoms with Crippen molar-refractivity contribution in [2.75, 3.05) is 5.73 Å². The summed E-state index contributed by atoms with van der Waals surface area (Å²) in [5.41, 5.74) is 7.25. The molecule has 0 bridgehead atoms. The quantitative estimate of drug-likeness (QED) is 0.771. The van der Waals surface area contributed by atoms with E-state index in [1.54, 1.807) is 16.9 Å². The Morgan fingerprint density at radius 3 is 3.00 bits per heavy atom. The smallest absolute Gasteiger partial charge is 0.201 e. The Morgan fingerprint density at radius 2 is 2.22 bits per heavy atom. The molecule has 0 atom stereocenters. The van der Waals surface area contributed by atoms with Crippen LogP contribution in [0.3, 0.4) is 0 Å². The van der Waals surface area contributed by atoms with Gasteiger partial charge in [0, 0.05) is 13.0 Å². The van der Waals surface area contributed by atoms with Crippen molar-refractivity contribution in [3.63, 3.8) is 0 Å². The highest BCUT2D eigenvalue weighted by Crippen LogP contribution is 2.19. The molecule has 0 spiro atoms. The van der Waals surface area contributed by atoms with Crippen molar-refractivity contribution < 1.29 is 8.81 Å². The summed E-state index contributed by atoms with van der Waals surface area (Å²) >= 11 is 0. The van der Waals surface area contributed by atoms with E-state index in [9.17, 15) is 4.39 Å². The number of halogens is 1. The number of hydrogen-bond acceptors (Lipinski definition) is 3. The molecule has 1 aromatic carbocycles. The number of aryl methyl sites for hydroxylation is 2. The second-order valence-corrected chi connectivity index (χ2v) is 4.08. The van der Waals surface area contributed by atoms with Crippen molar-refractivity contribution in [1.82, 2.24) is 9.55 Å². The van der Waals surface area contributed by atoms with E-state index in [-0.39, 0.29) is 5.82 Å². The van der Waals surface area contributed by atoms with Gasteiger partial charge in [-0.2, -0.15) is 0 Å². The van der Waals surface area contributed by atoms with Crippen LogP contribution in [0.5, 0.6) is 0 Å². The number of furan rings is 1. The molecule has 0 fully saturated rings. The van der Waals surface area contributed by atoms with Gasteiger partial charge < -0.3 is 14.7 Å². The maximum Gasteiger partial charge on any atom is 0.201 e. The summed E-state index contributed by atoms with van der Waals surface area (Å²) in [7, 11) is 0. The number of imidazole rings is 1. The monoisotopic (exact) mass is 245 g/mol. The molecule has 5 heteroatoms. The first-order valence-corrected chi connectivity index (χ1v) is 5.68. The molecule has 18 heavy (non-hydrogen) atoms. The SMILES string of the molecule is Nc1nc2ccc(F)cc2n1CCc1ccco1. The van der Waals surface area contributed by atoms with Gasteiger partial charge in [-0.05, 0) is 30.3 Å². The zero-order chi connectivity index (χ0) is 12.5. The van der Waals surface area contributed by atoms with Gasteiger partial charge in [-0.1, -0.05) is 0 Å². The molecule has 92 valence electrons. The normalized spacial score (nSPS) is 11.2. The summed E-state index contributed by atoms with van der Waals surface area (Å²) in [6, 6.07) is 8.19. The van der Waals surface area contributed by atoms with Crippen molar-refractivity contribution >= 4 is 17.0 Å². The largest absolute Gasteiger partial charge is 0.469 e. The Bertz CT molecular complexity index is 673. The first-order chi connectivity index (χ1) is 8.74. The van der Waals surface area contributed by atoms with Gasteiger partial charge in [-0.25, -0.2) is 9.37 Å². The molecular formula is C13H12FN3O. The maximum atomic E-state index is 13.2. The fourth-order valence-corrected chi connectivity index (χ4v) is 2.03. The molecule has 0 unspecified atom stereocenters. The number of anilines is 1. The van der Waals surface area contributed by atoms with Gasteiger partial charge in [0.1, 0.15) is 11.6 Å². The molecule has 3 rings (SSSR count). The Morgan fingerprint density at radius 1 is 1.33 bits per heavy atom. The van der Waals surface area contributed by atoms with Crippen molar-refractivity contribution in [1.29, 1.82) is 0 Å². The average Bonchev–Trinajstić information content (AvgIpc) is 2.94. The Kier molecular flexibility index (Phi) is 2.51. The third kappa shape index (κ3) is 1.84. The summed E-state index contributed by atoms with van der Waals surface area (Å²) in [4.78, 5) is 4.20. The van der Waals surface area contributed by atoms with E-state index < -0.39 is 0 Å². The minimum absolute atomic E-state index is 0.290. The van der Waals surface area contributed by atoms with E-state index in [0.29, 0.717) is 29.9 Å². The molecular weight excluding hydrogens is 233 g/mol. The van der Waals surface area contributed by atoms with Crippen LogP contribution in [0.15, 0.2) is 41.0 Å². The summed E-state index contributed by atoms with van der Waals surface area (Å²) in [5, 5.41) is 0. The van der Waals surface area contributed by atoms with Crippen LogP contribution in [0.2, 0.25) is 0 Å². The highest BCUT2D eigenvalue weighted by molar-refractivity contribution is 5.78. The fraction of sp³-hybridized carbons (Fsp3) is 0.154. The maximum absolute atomic E-state index is 13.2. The molecule has 2 aromatic heterocycles. The summed E-state index contributed by atoms with van der Waals surface area (Å²) in [5.74, 6) is 0.969. The van der Waals surface area contributed by atoms with Gasteiger partial charge in [0.2, 0.25) is 5.95 Å². The molecule has 0 amide bonds. The second kappa shape index (κ2) is 4.18. The molecule has 0 aliphatic heterocycles. The molecule has 0 saturated heterocycles. The van der Waals surface area contributed by atoms with Crippen molar-refractivity contribution in [2.24, 2.45) is 0 Å². The number of aromatic nitrogens is 2. The van der Waals surface area contributed by atoms with Crippen molar-refractivity contribution in [2.45, 2.75) is 13.0 Å². The van der Waals surface area contributed by atoms with Gasteiger partial charge in [-0.15, -0.1) is 0 Å². The van der Waals surface area contributed by atoms with Crippen LogP contribution < -0.4 is 5.73 Å². The second-order valence-electron chi connectivity index (χ2n) is 4.08. The van der Waals surface area contributed by atoms with E-state index in [1.807, 2.05) is 12.1 Å². The van der Waals surface area contributed by atoms with E-state index in [4.69, 9.17) is 10.2 Å². The Labute approximate surface area is 103 Å². The molecule has 4 nitrogen and oxygen atoms in total. The molecule has 0 radical (unpaired) electrons. The third-order valence-corrected chi connectivity index (χ3v) is 2.90. The average molecular weight is 245 g/mol. The molecule has 3 aromatic rings. The summed E-state index contributed by atoms with van der Waals surface area (Å²) in [6.45, 7) is 0.610. The summed E-state index contributed by atoms with van der Waals surface area (Å²) < 4.78 is 20.3. The van der Waals surface area contributed by atoms with Crippen LogP contribution in [0.1, 0.15) is 5.76 Å². The Balaban J connectivity index is 1.95. The number of nitrogens with two attached hydrogens (primary N) is 1. The first-order valence-electron chi connectivity index (χ1n) is 5.68. The minimum Gasteiger partial charge on any atom is -0.469 e. The zero-order valence-corrected chi connectivity index (χ0v) is 9.64. The van der Waals surface area contributed by atoms with Gasteiger partial charge >= 0.3 is 0 Å². The Hall–Kier alpha value is -2.30. The van der Waals surface area contributed by atoms with E-state index >= 15 is 0 Å². The predicted molar refractivity (Wildman–Crippen MR) is 66.5 cm³/mol. The highest BCUT2D eigenvalue weighted by atomic mass is 19.1. The lowest BCUT2D eigenvalue weighted by molar-refractivity contribution is 0.494. The molecule has 0 aliphatic rings. The van der Waals surface area contributed by atoms with Crippen molar-refractivity contribution in [3.8, 4) is 0 Å². The fourth-order valence-electron chi connectivity index (χ4n) is 2.03. The van der Waals surface area contributed by atoms with Crippen LogP contribution in [0.4, 0.5) is 10.3 Å². The predicted octanol–water partition coefficient (Wildman–Crippen LogP) is 2.59.